The first-order chi connectivity index (χ1) is 8.16. The number of likely N-dealkylation sites (N-methyl/N-ethyl adjacent to an activating group) is 1. The Morgan fingerprint density at radius 3 is 3.12 bits per heavy atom. The van der Waals surface area contributed by atoms with E-state index >= 15 is 0 Å². The van der Waals surface area contributed by atoms with Crippen LogP contribution in [-0.4, -0.2) is 41.1 Å². The largest absolute Gasteiger partial charge is 0.476 e. The summed E-state index contributed by atoms with van der Waals surface area (Å²) in [6.45, 7) is 3.75. The molecule has 1 aromatic heterocycles. The van der Waals surface area contributed by atoms with Gasteiger partial charge in [-0.1, -0.05) is 6.42 Å². The van der Waals surface area contributed by atoms with Gasteiger partial charge in [-0.15, -0.1) is 0 Å². The second-order valence-electron chi connectivity index (χ2n) is 4.57. The Kier molecular flexibility index (Phi) is 4.18. The van der Waals surface area contributed by atoms with Gasteiger partial charge >= 0.3 is 0 Å². The monoisotopic (exact) mass is 255 g/mol. The molecular formula is C12H18ClN3O. The van der Waals surface area contributed by atoms with Crippen LogP contribution in [0.5, 0.6) is 5.88 Å². The van der Waals surface area contributed by atoms with Gasteiger partial charge in [0.15, 0.2) is 0 Å². The van der Waals surface area contributed by atoms with Gasteiger partial charge in [-0.2, -0.15) is 4.98 Å². The fraction of sp³-hybridized carbons (Fsp3) is 0.667. The first kappa shape index (κ1) is 12.6. The highest BCUT2D eigenvalue weighted by atomic mass is 35.5. The van der Waals surface area contributed by atoms with Gasteiger partial charge < -0.3 is 9.64 Å². The van der Waals surface area contributed by atoms with E-state index in [1.165, 1.54) is 19.3 Å². The van der Waals surface area contributed by atoms with E-state index in [9.17, 15) is 0 Å². The van der Waals surface area contributed by atoms with Gasteiger partial charge in [0.1, 0.15) is 6.61 Å². The van der Waals surface area contributed by atoms with E-state index in [1.54, 1.807) is 6.20 Å². The molecule has 2 heterocycles. The summed E-state index contributed by atoms with van der Waals surface area (Å²) < 4.78 is 5.75. The van der Waals surface area contributed by atoms with E-state index in [1.807, 2.05) is 6.92 Å². The minimum atomic E-state index is 0.239. The molecule has 1 aliphatic rings. The van der Waals surface area contributed by atoms with Crippen LogP contribution < -0.4 is 4.74 Å². The van der Waals surface area contributed by atoms with Crippen molar-refractivity contribution in [3.05, 3.63) is 17.0 Å². The number of piperidine rings is 1. The van der Waals surface area contributed by atoms with Crippen LogP contribution in [0.2, 0.25) is 5.28 Å². The number of aryl methyl sites for hydroxylation is 1. The predicted molar refractivity (Wildman–Crippen MR) is 67.5 cm³/mol. The zero-order valence-corrected chi connectivity index (χ0v) is 11.1. The summed E-state index contributed by atoms with van der Waals surface area (Å²) in [5, 5.41) is 0.239. The average Bonchev–Trinajstić information content (AvgIpc) is 2.32. The summed E-state index contributed by atoms with van der Waals surface area (Å²) in [5.41, 5.74) is 0.924. The Morgan fingerprint density at radius 2 is 2.35 bits per heavy atom. The second-order valence-corrected chi connectivity index (χ2v) is 4.91. The van der Waals surface area contributed by atoms with Crippen LogP contribution in [0.15, 0.2) is 6.20 Å². The van der Waals surface area contributed by atoms with Gasteiger partial charge in [-0.3, -0.25) is 0 Å². The fourth-order valence-corrected chi connectivity index (χ4v) is 2.21. The topological polar surface area (TPSA) is 38.3 Å². The average molecular weight is 256 g/mol. The van der Waals surface area contributed by atoms with E-state index in [0.717, 1.165) is 12.1 Å². The Morgan fingerprint density at radius 1 is 1.53 bits per heavy atom. The molecule has 1 aromatic rings. The quantitative estimate of drug-likeness (QED) is 0.777. The zero-order valence-electron chi connectivity index (χ0n) is 10.3. The third-order valence-corrected chi connectivity index (χ3v) is 3.41. The molecular weight excluding hydrogens is 238 g/mol. The number of nitrogens with zero attached hydrogens (tertiary/aromatic N) is 3. The normalized spacial score (nSPS) is 21.5. The molecule has 4 nitrogen and oxygen atoms in total. The Labute approximate surface area is 107 Å². The first-order valence-corrected chi connectivity index (χ1v) is 6.37. The predicted octanol–water partition coefficient (Wildman–Crippen LogP) is 2.30. The molecule has 1 atom stereocenters. The molecule has 1 aliphatic heterocycles. The molecule has 2 rings (SSSR count). The Bertz CT molecular complexity index is 386. The van der Waals surface area contributed by atoms with Crippen LogP contribution in [0.3, 0.4) is 0 Å². The number of ether oxygens (including phenoxy) is 1. The summed E-state index contributed by atoms with van der Waals surface area (Å²) in [7, 11) is 2.15. The highest BCUT2D eigenvalue weighted by Crippen LogP contribution is 2.19. The van der Waals surface area contributed by atoms with Gasteiger partial charge in [0.25, 0.3) is 0 Å². The van der Waals surface area contributed by atoms with Gasteiger partial charge in [-0.25, -0.2) is 4.98 Å². The molecule has 0 bridgehead atoms. The van der Waals surface area contributed by atoms with Crippen LogP contribution in [0.25, 0.3) is 0 Å². The van der Waals surface area contributed by atoms with Gasteiger partial charge in [0, 0.05) is 17.8 Å². The number of rotatable bonds is 3. The summed E-state index contributed by atoms with van der Waals surface area (Å²) in [6.07, 6.45) is 5.44. The van der Waals surface area contributed by atoms with E-state index in [4.69, 9.17) is 16.3 Å². The molecule has 1 unspecified atom stereocenters. The lowest BCUT2D eigenvalue weighted by Crippen LogP contribution is -2.40. The molecule has 0 radical (unpaired) electrons. The Hall–Kier alpha value is -0.870. The SMILES string of the molecule is Cc1cnc(Cl)nc1OCC1CCCCN1C. The third kappa shape index (κ3) is 3.30. The molecule has 1 saturated heterocycles. The maximum atomic E-state index is 5.75. The minimum absolute atomic E-state index is 0.239. The van der Waals surface area contributed by atoms with E-state index in [0.29, 0.717) is 18.5 Å². The molecule has 0 N–H and O–H groups in total. The van der Waals surface area contributed by atoms with Crippen molar-refractivity contribution in [3.63, 3.8) is 0 Å². The lowest BCUT2D eigenvalue weighted by molar-refractivity contribution is 0.122. The highest BCUT2D eigenvalue weighted by Gasteiger charge is 2.19. The van der Waals surface area contributed by atoms with Crippen LogP contribution in [0.1, 0.15) is 24.8 Å². The van der Waals surface area contributed by atoms with E-state index < -0.39 is 0 Å². The zero-order chi connectivity index (χ0) is 12.3. The number of hydrogen-bond acceptors (Lipinski definition) is 4. The smallest absolute Gasteiger partial charge is 0.225 e. The van der Waals surface area contributed by atoms with Crippen molar-refractivity contribution < 1.29 is 4.74 Å². The van der Waals surface area contributed by atoms with Crippen molar-refractivity contribution in [2.75, 3.05) is 20.2 Å². The molecule has 1 fully saturated rings. The minimum Gasteiger partial charge on any atom is -0.476 e. The second kappa shape index (κ2) is 5.65. The van der Waals surface area contributed by atoms with Crippen LogP contribution in [0.4, 0.5) is 0 Å². The summed E-state index contributed by atoms with van der Waals surface area (Å²) in [6, 6.07) is 0.483. The third-order valence-electron chi connectivity index (χ3n) is 3.23. The molecule has 17 heavy (non-hydrogen) atoms. The summed E-state index contributed by atoms with van der Waals surface area (Å²) >= 11 is 5.75. The van der Waals surface area contributed by atoms with Crippen molar-refractivity contribution >= 4 is 11.6 Å². The van der Waals surface area contributed by atoms with Crippen molar-refractivity contribution in [1.29, 1.82) is 0 Å². The number of likely N-dealkylation sites (tertiary alicyclic amines) is 1. The molecule has 94 valence electrons. The molecule has 0 spiro atoms. The number of halogens is 1. The molecule has 5 heteroatoms. The van der Waals surface area contributed by atoms with Crippen LogP contribution in [-0.2, 0) is 0 Å². The fourth-order valence-electron chi connectivity index (χ4n) is 2.08. The van der Waals surface area contributed by atoms with E-state index in [-0.39, 0.29) is 5.28 Å². The van der Waals surface area contributed by atoms with Crippen LogP contribution in [0, 0.1) is 6.92 Å². The van der Waals surface area contributed by atoms with Crippen molar-refractivity contribution in [1.82, 2.24) is 14.9 Å². The maximum Gasteiger partial charge on any atom is 0.225 e. The molecule has 0 saturated carbocycles. The summed E-state index contributed by atoms with van der Waals surface area (Å²) in [4.78, 5) is 10.4. The highest BCUT2D eigenvalue weighted by molar-refractivity contribution is 6.28. The summed E-state index contributed by atoms with van der Waals surface area (Å²) in [5.74, 6) is 0.601. The van der Waals surface area contributed by atoms with Crippen LogP contribution >= 0.6 is 11.6 Å². The Balaban J connectivity index is 1.94. The van der Waals surface area contributed by atoms with Crippen molar-refractivity contribution in [3.8, 4) is 5.88 Å². The van der Waals surface area contributed by atoms with Gasteiger partial charge in [0.05, 0.1) is 0 Å². The lowest BCUT2D eigenvalue weighted by atomic mass is 10.0. The molecule has 0 amide bonds. The van der Waals surface area contributed by atoms with Crippen molar-refractivity contribution in [2.45, 2.75) is 32.2 Å². The van der Waals surface area contributed by atoms with Gasteiger partial charge in [-0.05, 0) is 45.0 Å². The molecule has 0 aromatic carbocycles. The number of hydrogen-bond donors (Lipinski definition) is 0. The van der Waals surface area contributed by atoms with E-state index in [2.05, 4.69) is 21.9 Å². The standard InChI is InChI=1S/C12H18ClN3O/c1-9-7-14-12(13)15-11(9)17-8-10-5-3-4-6-16(10)2/h7,10H,3-6,8H2,1-2H3. The number of aromatic nitrogens is 2. The lowest BCUT2D eigenvalue weighted by Gasteiger charge is -2.32. The maximum absolute atomic E-state index is 5.75. The van der Waals surface area contributed by atoms with Crippen molar-refractivity contribution in [2.24, 2.45) is 0 Å². The van der Waals surface area contributed by atoms with Gasteiger partial charge in [0.2, 0.25) is 11.2 Å². The first-order valence-electron chi connectivity index (χ1n) is 5.99. The molecule has 0 aliphatic carbocycles.